The lowest BCUT2D eigenvalue weighted by Crippen LogP contribution is -2.39. The second kappa shape index (κ2) is 11.5. The number of rotatable bonds is 10. The lowest BCUT2D eigenvalue weighted by atomic mass is 10.1. The number of amides is 2. The van der Waals surface area contributed by atoms with Gasteiger partial charge in [0.15, 0.2) is 0 Å². The number of aromatic nitrogens is 1. The van der Waals surface area contributed by atoms with E-state index in [0.717, 1.165) is 48.2 Å². The van der Waals surface area contributed by atoms with Gasteiger partial charge >= 0.3 is 0 Å². The van der Waals surface area contributed by atoms with Crippen LogP contribution >= 0.6 is 0 Å². The standard InChI is InChI=1S/C27H34N4O2/c1-5-30(6-2)17-16-28-27(33)24(29-26(32)21-14-12-20(4)13-15-21)18-22-19-31(7-3)25-11-9-8-10-23(22)25/h8-15,18-19H,5-7,16-17H2,1-4H3,(H,28,33)(H,29,32)/b24-18-. The van der Waals surface area contributed by atoms with E-state index in [1.54, 1.807) is 18.2 Å². The van der Waals surface area contributed by atoms with E-state index in [1.165, 1.54) is 0 Å². The van der Waals surface area contributed by atoms with Crippen LogP contribution in [-0.4, -0.2) is 47.5 Å². The highest BCUT2D eigenvalue weighted by Gasteiger charge is 2.16. The Balaban J connectivity index is 1.90. The number of nitrogens with zero attached hydrogens (tertiary/aromatic N) is 2. The zero-order chi connectivity index (χ0) is 23.8. The monoisotopic (exact) mass is 446 g/mol. The van der Waals surface area contributed by atoms with Crippen molar-refractivity contribution in [1.29, 1.82) is 0 Å². The molecule has 3 rings (SSSR count). The average molecular weight is 447 g/mol. The number of aryl methyl sites for hydroxylation is 2. The highest BCUT2D eigenvalue weighted by Crippen LogP contribution is 2.23. The molecule has 2 aromatic carbocycles. The van der Waals surface area contributed by atoms with Gasteiger partial charge < -0.3 is 20.1 Å². The van der Waals surface area contributed by atoms with E-state index < -0.39 is 0 Å². The van der Waals surface area contributed by atoms with E-state index in [4.69, 9.17) is 0 Å². The van der Waals surface area contributed by atoms with Gasteiger partial charge in [-0.3, -0.25) is 9.59 Å². The van der Waals surface area contributed by atoms with Gasteiger partial charge in [-0.1, -0.05) is 49.7 Å². The molecule has 174 valence electrons. The van der Waals surface area contributed by atoms with Crippen LogP contribution in [-0.2, 0) is 11.3 Å². The fourth-order valence-electron chi connectivity index (χ4n) is 3.83. The summed E-state index contributed by atoms with van der Waals surface area (Å²) < 4.78 is 2.14. The Hall–Kier alpha value is -3.38. The SMILES string of the molecule is CCN(CC)CCNC(=O)/C(=C/c1cn(CC)c2ccccc12)NC(=O)c1ccc(C)cc1. The van der Waals surface area contributed by atoms with Gasteiger partial charge in [-0.2, -0.15) is 0 Å². The molecule has 0 fully saturated rings. The lowest BCUT2D eigenvalue weighted by molar-refractivity contribution is -0.117. The van der Waals surface area contributed by atoms with E-state index in [0.29, 0.717) is 12.1 Å². The van der Waals surface area contributed by atoms with Crippen LogP contribution in [0.2, 0.25) is 0 Å². The molecule has 0 aliphatic carbocycles. The van der Waals surface area contributed by atoms with Gasteiger partial charge in [0.1, 0.15) is 5.70 Å². The van der Waals surface area contributed by atoms with E-state index in [-0.39, 0.29) is 17.5 Å². The fraction of sp³-hybridized carbons (Fsp3) is 0.333. The van der Waals surface area contributed by atoms with Crippen LogP contribution in [0.4, 0.5) is 0 Å². The second-order valence-corrected chi connectivity index (χ2v) is 8.05. The zero-order valence-corrected chi connectivity index (χ0v) is 20.0. The number of likely N-dealkylation sites (N-methyl/N-ethyl adjacent to an activating group) is 1. The van der Waals surface area contributed by atoms with Gasteiger partial charge in [-0.15, -0.1) is 0 Å². The van der Waals surface area contributed by atoms with Gasteiger partial charge in [0.2, 0.25) is 0 Å². The maximum Gasteiger partial charge on any atom is 0.267 e. The van der Waals surface area contributed by atoms with E-state index in [9.17, 15) is 9.59 Å². The quantitative estimate of drug-likeness (QED) is 0.459. The van der Waals surface area contributed by atoms with Gasteiger partial charge in [-0.25, -0.2) is 0 Å². The summed E-state index contributed by atoms with van der Waals surface area (Å²) in [4.78, 5) is 28.3. The number of nitrogens with one attached hydrogen (secondary N) is 2. The molecule has 6 nitrogen and oxygen atoms in total. The maximum absolute atomic E-state index is 13.1. The van der Waals surface area contributed by atoms with Crippen LogP contribution in [0.25, 0.3) is 17.0 Å². The summed E-state index contributed by atoms with van der Waals surface area (Å²) in [5.74, 6) is -0.602. The Labute approximate surface area is 196 Å². The van der Waals surface area contributed by atoms with Gasteiger partial charge in [-0.05, 0) is 51.2 Å². The van der Waals surface area contributed by atoms with Crippen molar-refractivity contribution in [2.45, 2.75) is 34.2 Å². The summed E-state index contributed by atoms with van der Waals surface area (Å²) in [6, 6.07) is 15.4. The molecule has 1 heterocycles. The van der Waals surface area contributed by atoms with E-state index >= 15 is 0 Å². The normalized spacial score (nSPS) is 11.7. The summed E-state index contributed by atoms with van der Waals surface area (Å²) >= 11 is 0. The number of fused-ring (bicyclic) bond motifs is 1. The van der Waals surface area contributed by atoms with Gasteiger partial charge in [0.05, 0.1) is 0 Å². The Morgan fingerprint density at radius 3 is 2.36 bits per heavy atom. The summed E-state index contributed by atoms with van der Waals surface area (Å²) in [6.07, 6.45) is 3.79. The molecule has 33 heavy (non-hydrogen) atoms. The minimum Gasteiger partial charge on any atom is -0.349 e. The maximum atomic E-state index is 13.1. The Bertz CT molecular complexity index is 1120. The van der Waals surface area contributed by atoms with Crippen molar-refractivity contribution in [1.82, 2.24) is 20.1 Å². The van der Waals surface area contributed by atoms with Crippen LogP contribution in [0.3, 0.4) is 0 Å². The molecule has 0 unspecified atom stereocenters. The molecule has 0 atom stereocenters. The highest BCUT2D eigenvalue weighted by molar-refractivity contribution is 6.06. The molecule has 0 bridgehead atoms. The number of benzene rings is 2. The molecule has 0 spiro atoms. The third-order valence-corrected chi connectivity index (χ3v) is 5.87. The molecule has 0 aliphatic rings. The van der Waals surface area contributed by atoms with Crippen molar-refractivity contribution in [3.8, 4) is 0 Å². The van der Waals surface area contributed by atoms with E-state index in [2.05, 4.69) is 46.9 Å². The summed E-state index contributed by atoms with van der Waals surface area (Å²) in [7, 11) is 0. The van der Waals surface area contributed by atoms with Crippen molar-refractivity contribution in [3.05, 3.63) is 77.1 Å². The zero-order valence-electron chi connectivity index (χ0n) is 20.0. The van der Waals surface area contributed by atoms with Gasteiger partial charge in [0.25, 0.3) is 11.8 Å². The molecule has 3 aromatic rings. The lowest BCUT2D eigenvalue weighted by Gasteiger charge is -2.18. The minimum absolute atomic E-state index is 0.235. The third kappa shape index (κ3) is 6.11. The largest absolute Gasteiger partial charge is 0.349 e. The number of carbonyl (C=O) groups excluding carboxylic acids is 2. The molecule has 0 radical (unpaired) electrons. The second-order valence-electron chi connectivity index (χ2n) is 8.05. The highest BCUT2D eigenvalue weighted by atomic mass is 16.2. The van der Waals surface area contributed by atoms with Crippen molar-refractivity contribution < 1.29 is 9.59 Å². The van der Waals surface area contributed by atoms with Crippen LogP contribution in [0, 0.1) is 6.92 Å². The molecular formula is C27H34N4O2. The first-order valence-electron chi connectivity index (χ1n) is 11.6. The summed E-state index contributed by atoms with van der Waals surface area (Å²) in [6.45, 7) is 12.2. The number of carbonyl (C=O) groups is 2. The van der Waals surface area contributed by atoms with Gasteiger partial charge in [0, 0.05) is 47.9 Å². The smallest absolute Gasteiger partial charge is 0.267 e. The number of hydrogen-bond acceptors (Lipinski definition) is 3. The molecule has 2 N–H and O–H groups in total. The molecule has 1 aromatic heterocycles. The van der Waals surface area contributed by atoms with Crippen molar-refractivity contribution >= 4 is 28.8 Å². The predicted octanol–water partition coefficient (Wildman–Crippen LogP) is 4.20. The average Bonchev–Trinajstić information content (AvgIpc) is 3.19. The van der Waals surface area contributed by atoms with Crippen LogP contribution in [0.1, 0.15) is 42.3 Å². The van der Waals surface area contributed by atoms with Crippen LogP contribution in [0.5, 0.6) is 0 Å². The molecule has 2 amide bonds. The third-order valence-electron chi connectivity index (χ3n) is 5.87. The van der Waals surface area contributed by atoms with Crippen LogP contribution in [0.15, 0.2) is 60.4 Å². The first-order valence-corrected chi connectivity index (χ1v) is 11.6. The van der Waals surface area contributed by atoms with Crippen molar-refractivity contribution in [3.63, 3.8) is 0 Å². The first kappa shape index (κ1) is 24.3. The Morgan fingerprint density at radius 1 is 1.00 bits per heavy atom. The Morgan fingerprint density at radius 2 is 1.70 bits per heavy atom. The first-order chi connectivity index (χ1) is 16.0. The minimum atomic E-state index is -0.306. The molecule has 0 saturated carbocycles. The molecule has 6 heteroatoms. The number of para-hydroxylation sites is 1. The number of hydrogen-bond donors (Lipinski definition) is 2. The molecule has 0 saturated heterocycles. The molecular weight excluding hydrogens is 412 g/mol. The Kier molecular flexibility index (Phi) is 8.44. The predicted molar refractivity (Wildman–Crippen MR) is 135 cm³/mol. The molecule has 0 aliphatic heterocycles. The van der Waals surface area contributed by atoms with Crippen molar-refractivity contribution in [2.24, 2.45) is 0 Å². The topological polar surface area (TPSA) is 66.4 Å². The summed E-state index contributed by atoms with van der Waals surface area (Å²) in [5, 5.41) is 6.85. The van der Waals surface area contributed by atoms with Crippen LogP contribution < -0.4 is 10.6 Å². The van der Waals surface area contributed by atoms with E-state index in [1.807, 2.05) is 43.5 Å². The summed E-state index contributed by atoms with van der Waals surface area (Å²) in [5.41, 5.74) is 3.81. The fourth-order valence-corrected chi connectivity index (χ4v) is 3.83. The van der Waals surface area contributed by atoms with Crippen molar-refractivity contribution in [2.75, 3.05) is 26.2 Å².